The maximum Gasteiger partial charge on any atom is 0.243 e. The molecule has 0 radical (unpaired) electrons. The predicted molar refractivity (Wildman–Crippen MR) is 97.2 cm³/mol. The van der Waals surface area contributed by atoms with Crippen molar-refractivity contribution in [2.24, 2.45) is 5.92 Å². The highest BCUT2D eigenvalue weighted by Crippen LogP contribution is 2.19. The normalized spacial score (nSPS) is 13.3. The number of hydrogen-bond donors (Lipinski definition) is 1. The molecule has 1 N–H and O–H groups in total. The Morgan fingerprint density at radius 1 is 1.08 bits per heavy atom. The van der Waals surface area contributed by atoms with E-state index < -0.39 is 10.0 Å². The SMILES string of the molecule is CCN(CC)S(=O)(=O)c1ccc(C(C)NC(=O)CCC(C)C)cc1. The van der Waals surface area contributed by atoms with Crippen LogP contribution in [-0.2, 0) is 14.8 Å². The van der Waals surface area contributed by atoms with Crippen molar-refractivity contribution in [2.75, 3.05) is 13.1 Å². The molecular formula is C18H30N2O3S. The summed E-state index contributed by atoms with van der Waals surface area (Å²) in [6.07, 6.45) is 1.37. The molecule has 0 aliphatic carbocycles. The van der Waals surface area contributed by atoms with Crippen molar-refractivity contribution in [1.82, 2.24) is 9.62 Å². The van der Waals surface area contributed by atoms with Crippen LogP contribution < -0.4 is 5.32 Å². The van der Waals surface area contributed by atoms with E-state index >= 15 is 0 Å². The Morgan fingerprint density at radius 3 is 2.08 bits per heavy atom. The first kappa shape index (κ1) is 20.6. The van der Waals surface area contributed by atoms with Gasteiger partial charge in [0.25, 0.3) is 0 Å². The van der Waals surface area contributed by atoms with Crippen molar-refractivity contribution in [2.45, 2.75) is 58.4 Å². The van der Waals surface area contributed by atoms with Gasteiger partial charge in [0, 0.05) is 19.5 Å². The number of sulfonamides is 1. The summed E-state index contributed by atoms with van der Waals surface area (Å²) in [5.41, 5.74) is 0.895. The molecule has 0 heterocycles. The molecule has 136 valence electrons. The highest BCUT2D eigenvalue weighted by Gasteiger charge is 2.21. The minimum absolute atomic E-state index is 0.0241. The van der Waals surface area contributed by atoms with Crippen LogP contribution in [0.15, 0.2) is 29.2 Å². The number of carbonyl (C=O) groups excluding carboxylic acids is 1. The number of nitrogens with zero attached hydrogens (tertiary/aromatic N) is 1. The number of carbonyl (C=O) groups is 1. The molecule has 0 fully saturated rings. The van der Waals surface area contributed by atoms with Gasteiger partial charge in [-0.05, 0) is 37.0 Å². The highest BCUT2D eigenvalue weighted by atomic mass is 32.2. The van der Waals surface area contributed by atoms with Crippen LogP contribution in [-0.4, -0.2) is 31.7 Å². The standard InChI is InChI=1S/C18H30N2O3S/c1-6-20(7-2)24(22,23)17-11-9-16(10-12-17)15(5)19-18(21)13-8-14(3)4/h9-12,14-15H,6-8,13H2,1-5H3,(H,19,21). The maximum atomic E-state index is 12.5. The quantitative estimate of drug-likeness (QED) is 0.740. The fourth-order valence-corrected chi connectivity index (χ4v) is 3.92. The number of amides is 1. The molecule has 1 rings (SSSR count). The summed E-state index contributed by atoms with van der Waals surface area (Å²) in [6, 6.07) is 6.61. The van der Waals surface area contributed by atoms with E-state index in [9.17, 15) is 13.2 Å². The monoisotopic (exact) mass is 354 g/mol. The van der Waals surface area contributed by atoms with E-state index in [4.69, 9.17) is 0 Å². The van der Waals surface area contributed by atoms with Crippen LogP contribution in [0.25, 0.3) is 0 Å². The predicted octanol–water partition coefficient (Wildman–Crippen LogP) is 3.33. The van der Waals surface area contributed by atoms with Gasteiger partial charge >= 0.3 is 0 Å². The van der Waals surface area contributed by atoms with Crippen LogP contribution in [0.5, 0.6) is 0 Å². The third-order valence-corrected chi connectivity index (χ3v) is 6.11. The van der Waals surface area contributed by atoms with Gasteiger partial charge in [-0.1, -0.05) is 39.8 Å². The lowest BCUT2D eigenvalue weighted by Crippen LogP contribution is -2.30. The second-order valence-corrected chi connectivity index (χ2v) is 8.32. The molecule has 0 aliphatic rings. The average Bonchev–Trinajstić information content (AvgIpc) is 2.54. The molecule has 5 nitrogen and oxygen atoms in total. The summed E-state index contributed by atoms with van der Waals surface area (Å²) in [7, 11) is -3.44. The molecule has 0 aromatic heterocycles. The Balaban J connectivity index is 2.78. The Kier molecular flexibility index (Phi) is 7.90. The molecule has 1 aromatic carbocycles. The lowest BCUT2D eigenvalue weighted by atomic mass is 10.1. The van der Waals surface area contributed by atoms with Crippen molar-refractivity contribution in [1.29, 1.82) is 0 Å². The average molecular weight is 355 g/mol. The molecule has 0 saturated heterocycles. The summed E-state index contributed by atoms with van der Waals surface area (Å²) in [6.45, 7) is 10.6. The maximum absolute atomic E-state index is 12.5. The Labute approximate surface area is 146 Å². The van der Waals surface area contributed by atoms with Crippen molar-refractivity contribution < 1.29 is 13.2 Å². The summed E-state index contributed by atoms with van der Waals surface area (Å²) in [5, 5.41) is 2.96. The van der Waals surface area contributed by atoms with Crippen LogP contribution in [0.4, 0.5) is 0 Å². The molecule has 6 heteroatoms. The first-order chi connectivity index (χ1) is 11.2. The van der Waals surface area contributed by atoms with E-state index in [1.54, 1.807) is 24.3 Å². The van der Waals surface area contributed by atoms with E-state index in [1.807, 2.05) is 20.8 Å². The van der Waals surface area contributed by atoms with Gasteiger partial charge in [-0.15, -0.1) is 0 Å². The zero-order chi connectivity index (χ0) is 18.3. The second-order valence-electron chi connectivity index (χ2n) is 6.38. The van der Waals surface area contributed by atoms with Gasteiger partial charge < -0.3 is 5.32 Å². The fourth-order valence-electron chi connectivity index (χ4n) is 2.46. The largest absolute Gasteiger partial charge is 0.350 e. The van der Waals surface area contributed by atoms with Gasteiger partial charge in [-0.2, -0.15) is 4.31 Å². The molecule has 0 bridgehead atoms. The van der Waals surface area contributed by atoms with Crippen LogP contribution in [0, 0.1) is 5.92 Å². The minimum Gasteiger partial charge on any atom is -0.350 e. The summed E-state index contributed by atoms with van der Waals surface area (Å²) >= 11 is 0. The molecule has 1 amide bonds. The Hall–Kier alpha value is -1.40. The zero-order valence-electron chi connectivity index (χ0n) is 15.4. The summed E-state index contributed by atoms with van der Waals surface area (Å²) in [4.78, 5) is 12.2. The number of hydrogen-bond acceptors (Lipinski definition) is 3. The van der Waals surface area contributed by atoms with E-state index in [-0.39, 0.29) is 16.8 Å². The molecule has 0 aliphatic heterocycles. The Bertz CT molecular complexity index is 620. The smallest absolute Gasteiger partial charge is 0.243 e. The second kappa shape index (κ2) is 9.18. The molecule has 1 aromatic rings. The van der Waals surface area contributed by atoms with Crippen LogP contribution >= 0.6 is 0 Å². The minimum atomic E-state index is -3.44. The highest BCUT2D eigenvalue weighted by molar-refractivity contribution is 7.89. The molecule has 0 saturated carbocycles. The molecular weight excluding hydrogens is 324 g/mol. The third kappa shape index (κ3) is 5.60. The molecule has 1 atom stereocenters. The number of nitrogens with one attached hydrogen (secondary N) is 1. The molecule has 1 unspecified atom stereocenters. The van der Waals surface area contributed by atoms with Gasteiger partial charge in [-0.3, -0.25) is 4.79 Å². The van der Waals surface area contributed by atoms with Gasteiger partial charge in [0.05, 0.1) is 10.9 Å². The van der Waals surface area contributed by atoms with Gasteiger partial charge in [0.15, 0.2) is 0 Å². The first-order valence-corrected chi connectivity index (χ1v) is 10.1. The fraction of sp³-hybridized carbons (Fsp3) is 0.611. The number of benzene rings is 1. The topological polar surface area (TPSA) is 66.5 Å². The first-order valence-electron chi connectivity index (χ1n) is 8.61. The van der Waals surface area contributed by atoms with Gasteiger partial charge in [0.1, 0.15) is 0 Å². The summed E-state index contributed by atoms with van der Waals surface area (Å²) < 4.78 is 26.3. The van der Waals surface area contributed by atoms with Crippen molar-refractivity contribution in [3.05, 3.63) is 29.8 Å². The van der Waals surface area contributed by atoms with E-state index in [0.29, 0.717) is 25.4 Å². The summed E-state index contributed by atoms with van der Waals surface area (Å²) in [5.74, 6) is 0.520. The van der Waals surface area contributed by atoms with Crippen molar-refractivity contribution in [3.8, 4) is 0 Å². The van der Waals surface area contributed by atoms with Crippen LogP contribution in [0.1, 0.15) is 59.1 Å². The van der Waals surface area contributed by atoms with E-state index in [2.05, 4.69) is 19.2 Å². The zero-order valence-corrected chi connectivity index (χ0v) is 16.2. The van der Waals surface area contributed by atoms with E-state index in [1.165, 1.54) is 4.31 Å². The number of rotatable bonds is 9. The molecule has 24 heavy (non-hydrogen) atoms. The van der Waals surface area contributed by atoms with Crippen LogP contribution in [0.3, 0.4) is 0 Å². The third-order valence-electron chi connectivity index (χ3n) is 4.05. The molecule has 0 spiro atoms. The lowest BCUT2D eigenvalue weighted by molar-refractivity contribution is -0.122. The van der Waals surface area contributed by atoms with Crippen LogP contribution in [0.2, 0.25) is 0 Å². The van der Waals surface area contributed by atoms with Gasteiger partial charge in [0.2, 0.25) is 15.9 Å². The van der Waals surface area contributed by atoms with Crippen molar-refractivity contribution >= 4 is 15.9 Å². The Morgan fingerprint density at radius 2 is 1.62 bits per heavy atom. The lowest BCUT2D eigenvalue weighted by Gasteiger charge is -2.19. The van der Waals surface area contributed by atoms with Gasteiger partial charge in [-0.25, -0.2) is 8.42 Å². The van der Waals surface area contributed by atoms with Crippen molar-refractivity contribution in [3.63, 3.8) is 0 Å². The van der Waals surface area contributed by atoms with E-state index in [0.717, 1.165) is 12.0 Å².